The molecular formula is C19H22FN. The molecule has 1 saturated carbocycles. The van der Waals surface area contributed by atoms with Gasteiger partial charge >= 0.3 is 0 Å². The molecule has 2 heteroatoms. The maximum absolute atomic E-state index is 13.3. The van der Waals surface area contributed by atoms with Gasteiger partial charge in [0.05, 0.1) is 0 Å². The molecule has 0 radical (unpaired) electrons. The molecule has 0 spiro atoms. The Morgan fingerprint density at radius 2 is 1.95 bits per heavy atom. The molecule has 0 bridgehead atoms. The van der Waals surface area contributed by atoms with Gasteiger partial charge in [-0.05, 0) is 60.5 Å². The first-order valence-electron chi connectivity index (χ1n) is 7.75. The van der Waals surface area contributed by atoms with Gasteiger partial charge in [-0.15, -0.1) is 0 Å². The lowest BCUT2D eigenvalue weighted by Gasteiger charge is -2.21. The summed E-state index contributed by atoms with van der Waals surface area (Å²) in [7, 11) is 0. The van der Waals surface area contributed by atoms with E-state index in [9.17, 15) is 4.39 Å². The normalized spacial score (nSPS) is 22.0. The van der Waals surface area contributed by atoms with Crippen molar-refractivity contribution in [3.63, 3.8) is 0 Å². The summed E-state index contributed by atoms with van der Waals surface area (Å²) in [5.74, 6) is 1.08. The maximum Gasteiger partial charge on any atom is 0.123 e. The molecule has 3 atom stereocenters. The zero-order valence-corrected chi connectivity index (χ0v) is 12.6. The molecule has 0 aromatic heterocycles. The van der Waals surface area contributed by atoms with Crippen LogP contribution < -0.4 is 5.32 Å². The Balaban J connectivity index is 1.83. The number of benzene rings is 2. The van der Waals surface area contributed by atoms with Crippen LogP contribution in [0.2, 0.25) is 0 Å². The van der Waals surface area contributed by atoms with Gasteiger partial charge in [-0.3, -0.25) is 0 Å². The van der Waals surface area contributed by atoms with Gasteiger partial charge in [0, 0.05) is 6.04 Å². The standard InChI is InChI=1S/C19H22FN/c1-3-21-19(16-10-9-15(20)11-13(16)2)18-12-17(18)14-7-5-4-6-8-14/h4-11,17-19,21H,3,12H2,1-2H3. The van der Waals surface area contributed by atoms with Gasteiger partial charge in [0.1, 0.15) is 5.82 Å². The first-order chi connectivity index (χ1) is 10.2. The third-order valence-electron chi connectivity index (χ3n) is 4.49. The molecule has 0 aliphatic heterocycles. The van der Waals surface area contributed by atoms with Crippen molar-refractivity contribution in [1.82, 2.24) is 5.32 Å². The van der Waals surface area contributed by atoms with E-state index in [0.717, 1.165) is 12.1 Å². The molecular weight excluding hydrogens is 261 g/mol. The van der Waals surface area contributed by atoms with E-state index in [2.05, 4.69) is 42.6 Å². The number of nitrogens with one attached hydrogen (secondary N) is 1. The van der Waals surface area contributed by atoms with Gasteiger partial charge in [0.25, 0.3) is 0 Å². The van der Waals surface area contributed by atoms with E-state index in [1.54, 1.807) is 12.1 Å². The van der Waals surface area contributed by atoms with Crippen molar-refractivity contribution in [1.29, 1.82) is 0 Å². The highest BCUT2D eigenvalue weighted by Gasteiger charge is 2.44. The van der Waals surface area contributed by atoms with Crippen LogP contribution in [0.15, 0.2) is 48.5 Å². The van der Waals surface area contributed by atoms with E-state index in [0.29, 0.717) is 17.9 Å². The van der Waals surface area contributed by atoms with Crippen LogP contribution in [0.4, 0.5) is 4.39 Å². The second-order valence-electron chi connectivity index (χ2n) is 5.95. The van der Waals surface area contributed by atoms with Crippen LogP contribution in [0, 0.1) is 18.7 Å². The largest absolute Gasteiger partial charge is 0.310 e. The van der Waals surface area contributed by atoms with Gasteiger partial charge < -0.3 is 5.32 Å². The second-order valence-corrected chi connectivity index (χ2v) is 5.95. The average Bonchev–Trinajstić information content (AvgIpc) is 3.27. The third kappa shape index (κ3) is 3.01. The van der Waals surface area contributed by atoms with Gasteiger partial charge in [-0.1, -0.05) is 43.3 Å². The minimum absolute atomic E-state index is 0.151. The molecule has 110 valence electrons. The number of aryl methyl sites for hydroxylation is 1. The summed E-state index contributed by atoms with van der Waals surface area (Å²) < 4.78 is 13.3. The van der Waals surface area contributed by atoms with Crippen LogP contribution >= 0.6 is 0 Å². The molecule has 2 aromatic carbocycles. The van der Waals surface area contributed by atoms with E-state index in [-0.39, 0.29) is 5.82 Å². The Labute approximate surface area is 126 Å². The van der Waals surface area contributed by atoms with E-state index in [1.807, 2.05) is 13.0 Å². The molecule has 0 amide bonds. The van der Waals surface area contributed by atoms with Crippen molar-refractivity contribution < 1.29 is 4.39 Å². The number of halogens is 1. The molecule has 1 aliphatic carbocycles. The predicted molar refractivity (Wildman–Crippen MR) is 84.8 cm³/mol. The van der Waals surface area contributed by atoms with E-state index >= 15 is 0 Å². The first-order valence-corrected chi connectivity index (χ1v) is 7.75. The Hall–Kier alpha value is -1.67. The average molecular weight is 283 g/mol. The van der Waals surface area contributed by atoms with Crippen LogP contribution in [0.3, 0.4) is 0 Å². The fraction of sp³-hybridized carbons (Fsp3) is 0.368. The van der Waals surface area contributed by atoms with Crippen LogP contribution in [0.5, 0.6) is 0 Å². The first kappa shape index (κ1) is 14.3. The van der Waals surface area contributed by atoms with Gasteiger partial charge in [0.2, 0.25) is 0 Å². The predicted octanol–water partition coefficient (Wildman–Crippen LogP) is 4.59. The highest BCUT2D eigenvalue weighted by molar-refractivity contribution is 5.34. The summed E-state index contributed by atoms with van der Waals surface area (Å²) in [6.07, 6.45) is 1.21. The maximum atomic E-state index is 13.3. The molecule has 0 heterocycles. The lowest BCUT2D eigenvalue weighted by atomic mass is 9.95. The highest BCUT2D eigenvalue weighted by atomic mass is 19.1. The van der Waals surface area contributed by atoms with Crippen molar-refractivity contribution >= 4 is 0 Å². The topological polar surface area (TPSA) is 12.0 Å². The summed E-state index contributed by atoms with van der Waals surface area (Å²) in [4.78, 5) is 0. The molecule has 1 N–H and O–H groups in total. The van der Waals surface area contributed by atoms with E-state index in [4.69, 9.17) is 0 Å². The minimum atomic E-state index is -0.151. The molecule has 21 heavy (non-hydrogen) atoms. The van der Waals surface area contributed by atoms with Crippen molar-refractivity contribution in [2.24, 2.45) is 5.92 Å². The summed E-state index contributed by atoms with van der Waals surface area (Å²) in [6.45, 7) is 5.06. The second kappa shape index (κ2) is 5.98. The molecule has 3 rings (SSSR count). The summed E-state index contributed by atoms with van der Waals surface area (Å²) in [5.41, 5.74) is 3.70. The zero-order valence-electron chi connectivity index (χ0n) is 12.6. The Morgan fingerprint density at radius 1 is 1.19 bits per heavy atom. The Bertz CT molecular complexity index is 608. The number of hydrogen-bond acceptors (Lipinski definition) is 1. The van der Waals surface area contributed by atoms with Crippen LogP contribution in [0.25, 0.3) is 0 Å². The minimum Gasteiger partial charge on any atom is -0.310 e. The van der Waals surface area contributed by atoms with Gasteiger partial charge in [0.15, 0.2) is 0 Å². The number of rotatable bonds is 5. The molecule has 2 aromatic rings. The van der Waals surface area contributed by atoms with Crippen LogP contribution in [-0.2, 0) is 0 Å². The SMILES string of the molecule is CCNC(c1ccc(F)cc1C)C1CC1c1ccccc1. The molecule has 1 fully saturated rings. The molecule has 0 saturated heterocycles. The Kier molecular flexibility index (Phi) is 4.07. The highest BCUT2D eigenvalue weighted by Crippen LogP contribution is 2.54. The monoisotopic (exact) mass is 283 g/mol. The number of hydrogen-bond donors (Lipinski definition) is 1. The quantitative estimate of drug-likeness (QED) is 0.846. The van der Waals surface area contributed by atoms with Crippen molar-refractivity contribution in [2.45, 2.75) is 32.2 Å². The zero-order chi connectivity index (χ0) is 14.8. The fourth-order valence-corrected chi connectivity index (χ4v) is 3.37. The lowest BCUT2D eigenvalue weighted by Crippen LogP contribution is -2.24. The van der Waals surface area contributed by atoms with Crippen LogP contribution in [-0.4, -0.2) is 6.54 Å². The van der Waals surface area contributed by atoms with Crippen LogP contribution in [0.1, 0.15) is 42.0 Å². The van der Waals surface area contributed by atoms with Crippen molar-refractivity contribution in [2.75, 3.05) is 6.54 Å². The summed E-state index contributed by atoms with van der Waals surface area (Å²) >= 11 is 0. The third-order valence-corrected chi connectivity index (χ3v) is 4.49. The van der Waals surface area contributed by atoms with Gasteiger partial charge in [-0.2, -0.15) is 0 Å². The van der Waals surface area contributed by atoms with Crippen molar-refractivity contribution in [3.8, 4) is 0 Å². The smallest absolute Gasteiger partial charge is 0.123 e. The lowest BCUT2D eigenvalue weighted by molar-refractivity contribution is 0.484. The van der Waals surface area contributed by atoms with E-state index < -0.39 is 0 Å². The van der Waals surface area contributed by atoms with Crippen molar-refractivity contribution in [3.05, 3.63) is 71.0 Å². The fourth-order valence-electron chi connectivity index (χ4n) is 3.37. The summed E-state index contributed by atoms with van der Waals surface area (Å²) in [5, 5.41) is 3.60. The molecule has 1 nitrogen and oxygen atoms in total. The van der Waals surface area contributed by atoms with E-state index in [1.165, 1.54) is 17.5 Å². The molecule has 1 aliphatic rings. The Morgan fingerprint density at radius 3 is 2.62 bits per heavy atom. The van der Waals surface area contributed by atoms with Gasteiger partial charge in [-0.25, -0.2) is 4.39 Å². The summed E-state index contributed by atoms with van der Waals surface area (Å²) in [6, 6.07) is 16.2. The molecule has 3 unspecified atom stereocenters.